The monoisotopic (exact) mass is 424 g/mol. The van der Waals surface area contributed by atoms with Crippen LogP contribution in [0.25, 0.3) is 0 Å². The molecule has 1 aliphatic rings. The maximum atomic E-state index is 13.5. The number of nitrogens with one attached hydrogen (secondary N) is 1. The van der Waals surface area contributed by atoms with E-state index in [4.69, 9.17) is 9.47 Å². The molecule has 0 unspecified atom stereocenters. The molecule has 2 aromatic carbocycles. The van der Waals surface area contributed by atoms with E-state index in [2.05, 4.69) is 5.32 Å². The summed E-state index contributed by atoms with van der Waals surface area (Å²) in [6.07, 6.45) is 4.27. The fraction of sp³-hybridized carbons (Fsp3) is 0.440. The number of anilines is 1. The van der Waals surface area contributed by atoms with E-state index in [0.29, 0.717) is 29.3 Å². The average Bonchev–Trinajstić information content (AvgIpc) is 3.31. The van der Waals surface area contributed by atoms with Crippen molar-refractivity contribution >= 4 is 17.5 Å². The first-order valence-corrected chi connectivity index (χ1v) is 10.9. The van der Waals surface area contributed by atoms with Crippen LogP contribution in [0, 0.1) is 5.92 Å². The molecule has 1 fully saturated rings. The van der Waals surface area contributed by atoms with Gasteiger partial charge in [-0.15, -0.1) is 0 Å². The lowest BCUT2D eigenvalue weighted by atomic mass is 10.1. The number of amides is 2. The summed E-state index contributed by atoms with van der Waals surface area (Å²) in [7, 11) is 3.22. The molecular formula is C25H32N2O4. The molecule has 1 saturated carbocycles. The highest BCUT2D eigenvalue weighted by atomic mass is 16.5. The Morgan fingerprint density at radius 3 is 2.39 bits per heavy atom. The lowest BCUT2D eigenvalue weighted by Gasteiger charge is -2.29. The van der Waals surface area contributed by atoms with Crippen LogP contribution in [-0.2, 0) is 11.3 Å². The van der Waals surface area contributed by atoms with Gasteiger partial charge in [0.2, 0.25) is 5.91 Å². The second kappa shape index (κ2) is 10.3. The van der Waals surface area contributed by atoms with Crippen LogP contribution in [0.3, 0.4) is 0 Å². The Hall–Kier alpha value is -3.02. The first-order valence-electron chi connectivity index (χ1n) is 10.9. The summed E-state index contributed by atoms with van der Waals surface area (Å²) in [4.78, 5) is 27.6. The van der Waals surface area contributed by atoms with Crippen LogP contribution in [0.4, 0.5) is 5.69 Å². The van der Waals surface area contributed by atoms with E-state index in [1.807, 2.05) is 55.1 Å². The molecule has 3 rings (SSSR count). The maximum absolute atomic E-state index is 13.5. The van der Waals surface area contributed by atoms with Gasteiger partial charge >= 0.3 is 0 Å². The number of rotatable bonds is 8. The Balaban J connectivity index is 1.86. The zero-order valence-electron chi connectivity index (χ0n) is 18.8. The molecule has 0 aromatic heterocycles. The molecule has 1 aliphatic carbocycles. The molecule has 0 spiro atoms. The number of hydrogen-bond donors (Lipinski definition) is 1. The predicted molar refractivity (Wildman–Crippen MR) is 122 cm³/mol. The smallest absolute Gasteiger partial charge is 0.254 e. The Bertz CT molecular complexity index is 919. The van der Waals surface area contributed by atoms with E-state index in [-0.39, 0.29) is 23.8 Å². The number of ether oxygens (including phenoxy) is 2. The highest BCUT2D eigenvalue weighted by molar-refractivity contribution is 5.97. The SMILES string of the molecule is COc1ccc(CN(C(=O)c2cccc(NC(=O)C(C)C)c2)C2CCCC2)cc1OC. The van der Waals surface area contributed by atoms with Crippen molar-refractivity contribution in [3.8, 4) is 11.5 Å². The third-order valence-electron chi connectivity index (χ3n) is 5.73. The Kier molecular flexibility index (Phi) is 7.55. The summed E-state index contributed by atoms with van der Waals surface area (Å²) in [6.45, 7) is 4.18. The zero-order valence-corrected chi connectivity index (χ0v) is 18.8. The minimum absolute atomic E-state index is 0.0256. The molecule has 0 bridgehead atoms. The molecule has 166 valence electrons. The van der Waals surface area contributed by atoms with Crippen molar-refractivity contribution in [3.63, 3.8) is 0 Å². The molecule has 2 aromatic rings. The van der Waals surface area contributed by atoms with Crippen LogP contribution >= 0.6 is 0 Å². The van der Waals surface area contributed by atoms with E-state index >= 15 is 0 Å². The third-order valence-corrected chi connectivity index (χ3v) is 5.73. The Morgan fingerprint density at radius 2 is 1.74 bits per heavy atom. The van der Waals surface area contributed by atoms with Gasteiger partial charge in [-0.1, -0.05) is 38.8 Å². The normalized spacial score (nSPS) is 13.8. The molecule has 2 amide bonds. The van der Waals surface area contributed by atoms with Crippen LogP contribution in [-0.4, -0.2) is 37.0 Å². The van der Waals surface area contributed by atoms with Crippen molar-refractivity contribution in [3.05, 3.63) is 53.6 Å². The average molecular weight is 425 g/mol. The summed E-state index contributed by atoms with van der Waals surface area (Å²) in [5, 5.41) is 2.88. The van der Waals surface area contributed by atoms with Gasteiger partial charge in [-0.3, -0.25) is 9.59 Å². The fourth-order valence-electron chi connectivity index (χ4n) is 3.94. The van der Waals surface area contributed by atoms with Crippen molar-refractivity contribution in [2.45, 2.75) is 52.1 Å². The molecule has 0 radical (unpaired) electrons. The van der Waals surface area contributed by atoms with Gasteiger partial charge < -0.3 is 19.7 Å². The molecule has 0 heterocycles. The summed E-state index contributed by atoms with van der Waals surface area (Å²) in [6, 6.07) is 13.2. The van der Waals surface area contributed by atoms with Gasteiger partial charge in [0.05, 0.1) is 14.2 Å². The zero-order chi connectivity index (χ0) is 22.4. The summed E-state index contributed by atoms with van der Waals surface area (Å²) in [5.41, 5.74) is 2.21. The molecule has 6 heteroatoms. The topological polar surface area (TPSA) is 67.9 Å². The third kappa shape index (κ3) is 5.57. The Morgan fingerprint density at radius 1 is 1.03 bits per heavy atom. The largest absolute Gasteiger partial charge is 0.493 e. The number of benzene rings is 2. The standard InChI is InChI=1S/C25H32N2O4/c1-17(2)24(28)26-20-9-7-8-19(15-20)25(29)27(21-10-5-6-11-21)16-18-12-13-22(30-3)23(14-18)31-4/h7-9,12-15,17,21H,5-6,10-11,16H2,1-4H3,(H,26,28). The molecule has 6 nitrogen and oxygen atoms in total. The van der Waals surface area contributed by atoms with Crippen LogP contribution in [0.5, 0.6) is 11.5 Å². The molecule has 31 heavy (non-hydrogen) atoms. The van der Waals surface area contributed by atoms with E-state index < -0.39 is 0 Å². The second-order valence-corrected chi connectivity index (χ2v) is 8.29. The highest BCUT2D eigenvalue weighted by Crippen LogP contribution is 2.31. The van der Waals surface area contributed by atoms with Crippen LogP contribution in [0.1, 0.15) is 55.5 Å². The molecule has 0 aliphatic heterocycles. The first-order chi connectivity index (χ1) is 14.9. The number of carbonyl (C=O) groups excluding carboxylic acids is 2. The van der Waals surface area contributed by atoms with Gasteiger partial charge in [0.15, 0.2) is 11.5 Å². The van der Waals surface area contributed by atoms with Crippen LogP contribution < -0.4 is 14.8 Å². The number of nitrogens with zero attached hydrogens (tertiary/aromatic N) is 1. The van der Waals surface area contributed by atoms with Crippen LogP contribution in [0.2, 0.25) is 0 Å². The quantitative estimate of drug-likeness (QED) is 0.656. The maximum Gasteiger partial charge on any atom is 0.254 e. The van der Waals surface area contributed by atoms with E-state index in [1.54, 1.807) is 20.3 Å². The van der Waals surface area contributed by atoms with E-state index in [0.717, 1.165) is 31.2 Å². The lowest BCUT2D eigenvalue weighted by molar-refractivity contribution is -0.118. The van der Waals surface area contributed by atoms with Crippen molar-refractivity contribution in [1.82, 2.24) is 4.90 Å². The molecule has 0 atom stereocenters. The van der Waals surface area contributed by atoms with Crippen LogP contribution in [0.15, 0.2) is 42.5 Å². The minimum Gasteiger partial charge on any atom is -0.493 e. The summed E-state index contributed by atoms with van der Waals surface area (Å²) in [5.74, 6) is 1.10. The van der Waals surface area contributed by atoms with Gasteiger partial charge in [-0.05, 0) is 48.7 Å². The first kappa shape index (κ1) is 22.7. The number of methoxy groups -OCH3 is 2. The number of carbonyl (C=O) groups is 2. The van der Waals surface area contributed by atoms with Crippen molar-refractivity contribution in [2.24, 2.45) is 5.92 Å². The van der Waals surface area contributed by atoms with Crippen molar-refractivity contribution < 1.29 is 19.1 Å². The molecule has 1 N–H and O–H groups in total. The summed E-state index contributed by atoms with van der Waals surface area (Å²) >= 11 is 0. The summed E-state index contributed by atoms with van der Waals surface area (Å²) < 4.78 is 10.8. The van der Waals surface area contributed by atoms with Gasteiger partial charge in [0.1, 0.15) is 0 Å². The minimum atomic E-state index is -0.126. The Labute approximate surface area is 184 Å². The van der Waals surface area contributed by atoms with E-state index in [9.17, 15) is 9.59 Å². The van der Waals surface area contributed by atoms with Gasteiger partial charge in [0, 0.05) is 29.8 Å². The second-order valence-electron chi connectivity index (χ2n) is 8.29. The number of hydrogen-bond acceptors (Lipinski definition) is 4. The van der Waals surface area contributed by atoms with Crippen molar-refractivity contribution in [2.75, 3.05) is 19.5 Å². The fourth-order valence-corrected chi connectivity index (χ4v) is 3.94. The highest BCUT2D eigenvalue weighted by Gasteiger charge is 2.28. The van der Waals surface area contributed by atoms with Gasteiger partial charge in [-0.2, -0.15) is 0 Å². The molecular weight excluding hydrogens is 392 g/mol. The molecule has 0 saturated heterocycles. The van der Waals surface area contributed by atoms with Gasteiger partial charge in [-0.25, -0.2) is 0 Å². The van der Waals surface area contributed by atoms with Gasteiger partial charge in [0.25, 0.3) is 5.91 Å². The van der Waals surface area contributed by atoms with Crippen molar-refractivity contribution in [1.29, 1.82) is 0 Å². The lowest BCUT2D eigenvalue weighted by Crippen LogP contribution is -2.38. The predicted octanol–water partition coefficient (Wildman–Crippen LogP) is 4.88. The van der Waals surface area contributed by atoms with E-state index in [1.165, 1.54) is 0 Å².